The molecule has 0 aromatic heterocycles. The highest BCUT2D eigenvalue weighted by Gasteiger charge is 2.32. The lowest BCUT2D eigenvalue weighted by Crippen LogP contribution is -2.53. The van der Waals surface area contributed by atoms with Gasteiger partial charge in [0, 0.05) is 50.7 Å². The van der Waals surface area contributed by atoms with Gasteiger partial charge in [-0.1, -0.05) is 12.6 Å². The Hall–Kier alpha value is -2.70. The Morgan fingerprint density at radius 1 is 1.00 bits per heavy atom. The maximum absolute atomic E-state index is 13.7. The average molecular weight is 387 g/mol. The van der Waals surface area contributed by atoms with Crippen LogP contribution >= 0.6 is 0 Å². The summed E-state index contributed by atoms with van der Waals surface area (Å²) in [5.74, 6) is -0.671. The number of piperazine rings is 1. The van der Waals surface area contributed by atoms with Gasteiger partial charge in [-0.25, -0.2) is 4.39 Å². The van der Waals surface area contributed by atoms with Crippen molar-refractivity contribution in [2.75, 3.05) is 39.3 Å². The van der Waals surface area contributed by atoms with Crippen molar-refractivity contribution in [1.29, 1.82) is 0 Å². The Morgan fingerprint density at radius 3 is 2.18 bits per heavy atom. The van der Waals surface area contributed by atoms with Crippen molar-refractivity contribution < 1.29 is 18.8 Å². The van der Waals surface area contributed by atoms with Gasteiger partial charge in [0.15, 0.2) is 0 Å². The fourth-order valence-corrected chi connectivity index (χ4v) is 3.77. The van der Waals surface area contributed by atoms with Crippen molar-refractivity contribution >= 4 is 17.7 Å². The number of benzene rings is 1. The number of halogens is 1. The standard InChI is InChI=1S/C21H26FN3O3/c1-3-19(26)23-8-6-16(7-9-23)20(27)24-10-12-25(13-11-24)21(28)17-5-4-15(2)18(22)14-17/h3-5,14,16H,1,6-13H2,2H3. The summed E-state index contributed by atoms with van der Waals surface area (Å²) in [4.78, 5) is 42.2. The first-order valence-corrected chi connectivity index (χ1v) is 9.66. The molecule has 0 atom stereocenters. The van der Waals surface area contributed by atoms with Crippen molar-refractivity contribution in [2.45, 2.75) is 19.8 Å². The second-order valence-electron chi connectivity index (χ2n) is 7.39. The summed E-state index contributed by atoms with van der Waals surface area (Å²) in [6.45, 7) is 8.12. The topological polar surface area (TPSA) is 60.9 Å². The first kappa shape index (κ1) is 20.0. The number of carbonyl (C=O) groups excluding carboxylic acids is 3. The molecule has 0 bridgehead atoms. The number of nitrogens with zero attached hydrogens (tertiary/aromatic N) is 3. The molecule has 0 unspecified atom stereocenters. The minimum atomic E-state index is -0.388. The van der Waals surface area contributed by atoms with Gasteiger partial charge in [-0.2, -0.15) is 0 Å². The molecule has 2 saturated heterocycles. The number of likely N-dealkylation sites (tertiary alicyclic amines) is 1. The van der Waals surface area contributed by atoms with Crippen molar-refractivity contribution in [3.63, 3.8) is 0 Å². The van der Waals surface area contributed by atoms with Crippen LogP contribution in [0.5, 0.6) is 0 Å². The summed E-state index contributed by atoms with van der Waals surface area (Å²) in [6.07, 6.45) is 2.61. The highest BCUT2D eigenvalue weighted by Crippen LogP contribution is 2.21. The van der Waals surface area contributed by atoms with Crippen LogP contribution in [0.2, 0.25) is 0 Å². The molecule has 3 rings (SSSR count). The second-order valence-corrected chi connectivity index (χ2v) is 7.39. The predicted molar refractivity (Wildman–Crippen MR) is 103 cm³/mol. The molecule has 6 nitrogen and oxygen atoms in total. The van der Waals surface area contributed by atoms with E-state index in [-0.39, 0.29) is 29.5 Å². The van der Waals surface area contributed by atoms with Gasteiger partial charge in [0.25, 0.3) is 5.91 Å². The van der Waals surface area contributed by atoms with Gasteiger partial charge in [-0.3, -0.25) is 14.4 Å². The zero-order valence-corrected chi connectivity index (χ0v) is 16.2. The molecule has 0 aliphatic carbocycles. The lowest BCUT2D eigenvalue weighted by atomic mass is 9.95. The van der Waals surface area contributed by atoms with Crippen molar-refractivity contribution in [3.05, 3.63) is 47.8 Å². The fraction of sp³-hybridized carbons (Fsp3) is 0.476. The largest absolute Gasteiger partial charge is 0.339 e. The third kappa shape index (κ3) is 4.24. The smallest absolute Gasteiger partial charge is 0.254 e. The summed E-state index contributed by atoms with van der Waals surface area (Å²) in [5, 5.41) is 0. The lowest BCUT2D eigenvalue weighted by Gasteiger charge is -2.38. The van der Waals surface area contributed by atoms with Crippen LogP contribution in [0, 0.1) is 18.7 Å². The van der Waals surface area contributed by atoms with Gasteiger partial charge in [0.05, 0.1) is 0 Å². The highest BCUT2D eigenvalue weighted by molar-refractivity contribution is 5.94. The van der Waals surface area contributed by atoms with Crippen LogP contribution in [-0.2, 0) is 9.59 Å². The summed E-state index contributed by atoms with van der Waals surface area (Å²) < 4.78 is 13.7. The maximum Gasteiger partial charge on any atom is 0.254 e. The van der Waals surface area contributed by atoms with Gasteiger partial charge < -0.3 is 14.7 Å². The van der Waals surface area contributed by atoms with Crippen LogP contribution in [0.25, 0.3) is 0 Å². The minimum absolute atomic E-state index is 0.0812. The molecule has 2 heterocycles. The van der Waals surface area contributed by atoms with Crippen LogP contribution in [0.1, 0.15) is 28.8 Å². The molecule has 28 heavy (non-hydrogen) atoms. The van der Waals surface area contributed by atoms with Gasteiger partial charge >= 0.3 is 0 Å². The Balaban J connectivity index is 1.51. The van der Waals surface area contributed by atoms with Gasteiger partial charge in [-0.05, 0) is 43.5 Å². The summed E-state index contributed by atoms with van der Waals surface area (Å²) >= 11 is 0. The number of aryl methyl sites for hydroxylation is 1. The summed E-state index contributed by atoms with van der Waals surface area (Å²) in [5.41, 5.74) is 0.843. The molecule has 3 amide bonds. The van der Waals surface area contributed by atoms with E-state index in [0.717, 1.165) is 0 Å². The van der Waals surface area contributed by atoms with Crippen molar-refractivity contribution in [1.82, 2.24) is 14.7 Å². The van der Waals surface area contributed by atoms with E-state index in [0.29, 0.717) is 63.2 Å². The zero-order valence-electron chi connectivity index (χ0n) is 16.2. The zero-order chi connectivity index (χ0) is 20.3. The van der Waals surface area contributed by atoms with E-state index in [9.17, 15) is 18.8 Å². The Labute approximate surface area is 164 Å². The second kappa shape index (κ2) is 8.54. The van der Waals surface area contributed by atoms with Crippen LogP contribution in [0.15, 0.2) is 30.9 Å². The summed E-state index contributed by atoms with van der Waals surface area (Å²) in [7, 11) is 0. The fourth-order valence-electron chi connectivity index (χ4n) is 3.77. The van der Waals surface area contributed by atoms with Crippen molar-refractivity contribution in [3.8, 4) is 0 Å². The van der Waals surface area contributed by atoms with Crippen LogP contribution in [0.3, 0.4) is 0 Å². The van der Waals surface area contributed by atoms with E-state index < -0.39 is 0 Å². The van der Waals surface area contributed by atoms with Gasteiger partial charge in [0.1, 0.15) is 5.82 Å². The first-order chi connectivity index (χ1) is 13.4. The van der Waals surface area contributed by atoms with Crippen molar-refractivity contribution in [2.24, 2.45) is 5.92 Å². The molecule has 0 saturated carbocycles. The van der Waals surface area contributed by atoms with Crippen LogP contribution in [-0.4, -0.2) is 71.7 Å². The Kier molecular flexibility index (Phi) is 6.11. The van der Waals surface area contributed by atoms with E-state index in [4.69, 9.17) is 0 Å². The quantitative estimate of drug-likeness (QED) is 0.744. The number of rotatable bonds is 3. The van der Waals surface area contributed by atoms with Gasteiger partial charge in [0.2, 0.25) is 11.8 Å². The number of hydrogen-bond donors (Lipinski definition) is 0. The predicted octanol–water partition coefficient (Wildman–Crippen LogP) is 1.84. The molecule has 150 valence electrons. The molecule has 0 N–H and O–H groups in total. The monoisotopic (exact) mass is 387 g/mol. The number of hydrogen-bond acceptors (Lipinski definition) is 3. The molecular weight excluding hydrogens is 361 g/mol. The van der Waals surface area contributed by atoms with E-state index >= 15 is 0 Å². The molecule has 1 aromatic carbocycles. The maximum atomic E-state index is 13.7. The summed E-state index contributed by atoms with van der Waals surface area (Å²) in [6, 6.07) is 4.51. The number of piperidine rings is 1. The van der Waals surface area contributed by atoms with E-state index in [1.807, 2.05) is 0 Å². The lowest BCUT2D eigenvalue weighted by molar-refractivity contribution is -0.140. The van der Waals surface area contributed by atoms with Crippen LogP contribution in [0.4, 0.5) is 4.39 Å². The molecule has 7 heteroatoms. The third-order valence-electron chi connectivity index (χ3n) is 5.63. The molecule has 0 spiro atoms. The third-order valence-corrected chi connectivity index (χ3v) is 5.63. The van der Waals surface area contributed by atoms with E-state index in [1.165, 1.54) is 12.1 Å². The molecule has 2 fully saturated rings. The van der Waals surface area contributed by atoms with E-state index in [1.54, 1.807) is 33.8 Å². The van der Waals surface area contributed by atoms with Gasteiger partial charge in [-0.15, -0.1) is 0 Å². The Morgan fingerprint density at radius 2 is 1.61 bits per heavy atom. The molecule has 2 aliphatic heterocycles. The highest BCUT2D eigenvalue weighted by atomic mass is 19.1. The SMILES string of the molecule is C=CC(=O)N1CCC(C(=O)N2CCN(C(=O)c3ccc(C)c(F)c3)CC2)CC1. The van der Waals surface area contributed by atoms with E-state index in [2.05, 4.69) is 6.58 Å². The first-order valence-electron chi connectivity index (χ1n) is 9.66. The molecular formula is C21H26FN3O3. The van der Waals surface area contributed by atoms with Crippen LogP contribution < -0.4 is 0 Å². The molecule has 1 aromatic rings. The number of amides is 3. The average Bonchev–Trinajstić information content (AvgIpc) is 2.74. The Bertz CT molecular complexity index is 779. The normalized spacial score (nSPS) is 18.1. The number of carbonyl (C=O) groups is 3. The molecule has 2 aliphatic rings. The molecule has 0 radical (unpaired) electrons. The minimum Gasteiger partial charge on any atom is -0.339 e.